The number of halogens is 2. The summed E-state index contributed by atoms with van der Waals surface area (Å²) < 4.78 is 1.05. The van der Waals surface area contributed by atoms with Crippen LogP contribution in [0.2, 0.25) is 0 Å². The third kappa shape index (κ3) is 3.95. The molecule has 1 aromatic heterocycles. The smallest absolute Gasteiger partial charge is 0.128 e. The number of rotatable bonds is 6. The van der Waals surface area contributed by atoms with Gasteiger partial charge in [-0.1, -0.05) is 13.3 Å². The molecule has 2 nitrogen and oxygen atoms in total. The number of pyridine rings is 1. The van der Waals surface area contributed by atoms with Gasteiger partial charge in [-0.25, -0.2) is 4.98 Å². The average Bonchev–Trinajstić information content (AvgIpc) is 2.28. The van der Waals surface area contributed by atoms with Crippen LogP contribution in [0.15, 0.2) is 16.6 Å². The van der Waals surface area contributed by atoms with Gasteiger partial charge in [0.15, 0.2) is 0 Å². The van der Waals surface area contributed by atoms with Crippen LogP contribution in [-0.2, 0) is 0 Å². The molecule has 0 N–H and O–H groups in total. The van der Waals surface area contributed by atoms with Crippen LogP contribution in [0.3, 0.4) is 0 Å². The average molecular weight is 306 g/mol. The Morgan fingerprint density at radius 1 is 1.38 bits per heavy atom. The van der Waals surface area contributed by atoms with E-state index in [0.717, 1.165) is 29.1 Å². The summed E-state index contributed by atoms with van der Waals surface area (Å²) in [4.78, 5) is 6.81. The second kappa shape index (κ2) is 7.13. The lowest BCUT2D eigenvalue weighted by Gasteiger charge is -2.23. The van der Waals surface area contributed by atoms with Gasteiger partial charge in [0.25, 0.3) is 0 Å². The fourth-order valence-corrected chi connectivity index (χ4v) is 1.92. The van der Waals surface area contributed by atoms with Crippen LogP contribution in [-0.4, -0.2) is 24.0 Å². The lowest BCUT2D eigenvalue weighted by Crippen LogP contribution is -2.27. The van der Waals surface area contributed by atoms with E-state index in [9.17, 15) is 0 Å². The number of unbranched alkanes of at least 4 members (excludes halogenated alkanes) is 1. The van der Waals surface area contributed by atoms with E-state index in [1.165, 1.54) is 12.8 Å². The lowest BCUT2D eigenvalue weighted by atomic mass is 10.3. The standard InChI is InChI=1S/C12H18BrClN2/c1-3-4-8-16(9-7-14)12-6-5-11(13)10(2)15-12/h5-6H,3-4,7-9H2,1-2H3. The lowest BCUT2D eigenvalue weighted by molar-refractivity contribution is 0.724. The maximum atomic E-state index is 5.82. The summed E-state index contributed by atoms with van der Waals surface area (Å²) in [5.74, 6) is 1.66. The van der Waals surface area contributed by atoms with Crippen LogP contribution in [0.1, 0.15) is 25.5 Å². The zero-order valence-corrected chi connectivity index (χ0v) is 12.2. The van der Waals surface area contributed by atoms with Crippen molar-refractivity contribution in [3.05, 3.63) is 22.3 Å². The molecule has 0 saturated carbocycles. The van der Waals surface area contributed by atoms with Crippen LogP contribution >= 0.6 is 27.5 Å². The highest BCUT2D eigenvalue weighted by atomic mass is 79.9. The van der Waals surface area contributed by atoms with Crippen molar-refractivity contribution in [2.45, 2.75) is 26.7 Å². The topological polar surface area (TPSA) is 16.1 Å². The van der Waals surface area contributed by atoms with Crippen molar-refractivity contribution in [1.82, 2.24) is 4.98 Å². The van der Waals surface area contributed by atoms with Crippen molar-refractivity contribution in [2.24, 2.45) is 0 Å². The van der Waals surface area contributed by atoms with Crippen molar-refractivity contribution >= 4 is 33.3 Å². The zero-order valence-electron chi connectivity index (χ0n) is 9.84. The van der Waals surface area contributed by atoms with E-state index in [-0.39, 0.29) is 0 Å². The fraction of sp³-hybridized carbons (Fsp3) is 0.583. The van der Waals surface area contributed by atoms with E-state index in [4.69, 9.17) is 11.6 Å². The van der Waals surface area contributed by atoms with E-state index in [0.29, 0.717) is 5.88 Å². The van der Waals surface area contributed by atoms with Gasteiger partial charge in [0.1, 0.15) is 5.82 Å². The normalized spacial score (nSPS) is 10.5. The molecular formula is C12H18BrClN2. The molecule has 0 radical (unpaired) electrons. The van der Waals surface area contributed by atoms with Gasteiger partial charge in [-0.05, 0) is 41.4 Å². The van der Waals surface area contributed by atoms with E-state index in [2.05, 4.69) is 32.7 Å². The zero-order chi connectivity index (χ0) is 12.0. The molecule has 0 spiro atoms. The summed E-state index contributed by atoms with van der Waals surface area (Å²) >= 11 is 9.28. The Morgan fingerprint density at radius 3 is 2.69 bits per heavy atom. The van der Waals surface area contributed by atoms with Crippen molar-refractivity contribution < 1.29 is 0 Å². The predicted octanol–water partition coefficient (Wildman–Crippen LogP) is 4.00. The molecule has 0 saturated heterocycles. The summed E-state index contributed by atoms with van der Waals surface area (Å²) in [6, 6.07) is 4.09. The largest absolute Gasteiger partial charge is 0.355 e. The highest BCUT2D eigenvalue weighted by molar-refractivity contribution is 9.10. The molecule has 0 unspecified atom stereocenters. The summed E-state index contributed by atoms with van der Waals surface area (Å²) in [6.07, 6.45) is 2.36. The maximum Gasteiger partial charge on any atom is 0.128 e. The second-order valence-electron chi connectivity index (χ2n) is 3.77. The number of aryl methyl sites for hydroxylation is 1. The first-order valence-corrected chi connectivity index (χ1v) is 6.95. The van der Waals surface area contributed by atoms with Gasteiger partial charge in [0, 0.05) is 23.4 Å². The van der Waals surface area contributed by atoms with E-state index >= 15 is 0 Å². The molecule has 0 atom stereocenters. The molecule has 4 heteroatoms. The minimum Gasteiger partial charge on any atom is -0.355 e. The highest BCUT2D eigenvalue weighted by Crippen LogP contribution is 2.19. The molecule has 0 aromatic carbocycles. The minimum atomic E-state index is 0.639. The first-order valence-electron chi connectivity index (χ1n) is 5.63. The molecule has 0 aliphatic rings. The molecule has 0 aliphatic heterocycles. The number of aromatic nitrogens is 1. The van der Waals surface area contributed by atoms with Crippen LogP contribution in [0.4, 0.5) is 5.82 Å². The van der Waals surface area contributed by atoms with Gasteiger partial charge >= 0.3 is 0 Å². The Balaban J connectivity index is 2.78. The van der Waals surface area contributed by atoms with E-state index in [1.54, 1.807) is 0 Å². The minimum absolute atomic E-state index is 0.639. The van der Waals surface area contributed by atoms with Gasteiger partial charge in [0.05, 0.1) is 5.69 Å². The molecule has 1 aromatic rings. The Kier molecular flexibility index (Phi) is 6.14. The third-order valence-electron chi connectivity index (χ3n) is 2.47. The summed E-state index contributed by atoms with van der Waals surface area (Å²) in [6.45, 7) is 6.08. The van der Waals surface area contributed by atoms with Gasteiger partial charge in [-0.2, -0.15) is 0 Å². The summed E-state index contributed by atoms with van der Waals surface area (Å²) in [5, 5.41) is 0. The monoisotopic (exact) mass is 304 g/mol. The van der Waals surface area contributed by atoms with Gasteiger partial charge in [0.2, 0.25) is 0 Å². The van der Waals surface area contributed by atoms with E-state index in [1.807, 2.05) is 19.1 Å². The van der Waals surface area contributed by atoms with Crippen molar-refractivity contribution in [1.29, 1.82) is 0 Å². The van der Waals surface area contributed by atoms with Gasteiger partial charge < -0.3 is 4.90 Å². The first-order chi connectivity index (χ1) is 7.69. The molecule has 0 fully saturated rings. The number of hydrogen-bond donors (Lipinski definition) is 0. The van der Waals surface area contributed by atoms with Gasteiger partial charge in [-0.3, -0.25) is 0 Å². The van der Waals surface area contributed by atoms with Crippen LogP contribution in [0.5, 0.6) is 0 Å². The predicted molar refractivity (Wildman–Crippen MR) is 74.5 cm³/mol. The Morgan fingerprint density at radius 2 is 2.12 bits per heavy atom. The first kappa shape index (κ1) is 13.8. The molecule has 16 heavy (non-hydrogen) atoms. The molecule has 1 rings (SSSR count). The van der Waals surface area contributed by atoms with Crippen LogP contribution in [0, 0.1) is 6.92 Å². The molecular weight excluding hydrogens is 288 g/mol. The quantitative estimate of drug-likeness (QED) is 0.739. The van der Waals surface area contributed by atoms with E-state index < -0.39 is 0 Å². The molecule has 0 bridgehead atoms. The summed E-state index contributed by atoms with van der Waals surface area (Å²) in [5.41, 5.74) is 1.02. The maximum absolute atomic E-state index is 5.82. The molecule has 1 heterocycles. The number of anilines is 1. The van der Waals surface area contributed by atoms with Crippen molar-refractivity contribution in [2.75, 3.05) is 23.9 Å². The van der Waals surface area contributed by atoms with Crippen LogP contribution in [0.25, 0.3) is 0 Å². The molecule has 0 amide bonds. The fourth-order valence-electron chi connectivity index (χ4n) is 1.50. The number of hydrogen-bond acceptors (Lipinski definition) is 2. The molecule has 0 aliphatic carbocycles. The summed E-state index contributed by atoms with van der Waals surface area (Å²) in [7, 11) is 0. The molecule has 90 valence electrons. The third-order valence-corrected chi connectivity index (χ3v) is 3.47. The second-order valence-corrected chi connectivity index (χ2v) is 5.00. The number of alkyl halides is 1. The Bertz CT molecular complexity index is 331. The van der Waals surface area contributed by atoms with Crippen LogP contribution < -0.4 is 4.90 Å². The Hall–Kier alpha value is -0.280. The van der Waals surface area contributed by atoms with Crippen molar-refractivity contribution in [3.8, 4) is 0 Å². The Labute approximate surface area is 111 Å². The SMILES string of the molecule is CCCCN(CCCl)c1ccc(Br)c(C)n1. The highest BCUT2D eigenvalue weighted by Gasteiger charge is 2.07. The van der Waals surface area contributed by atoms with Crippen molar-refractivity contribution in [3.63, 3.8) is 0 Å². The van der Waals surface area contributed by atoms with Gasteiger partial charge in [-0.15, -0.1) is 11.6 Å². The number of nitrogens with zero attached hydrogens (tertiary/aromatic N) is 2.